The van der Waals surface area contributed by atoms with E-state index in [-0.39, 0.29) is 0 Å². The maximum absolute atomic E-state index is 4.10. The van der Waals surface area contributed by atoms with Gasteiger partial charge in [-0.15, -0.1) is 0 Å². The summed E-state index contributed by atoms with van der Waals surface area (Å²) < 4.78 is 0. The molecule has 0 heteroatoms. The van der Waals surface area contributed by atoms with Crippen molar-refractivity contribution in [1.29, 1.82) is 0 Å². The quantitative estimate of drug-likeness (QED) is 0.543. The molecule has 2 rings (SSSR count). The zero-order valence-electron chi connectivity index (χ0n) is 7.56. The maximum Gasteiger partial charge on any atom is -0.0196 e. The van der Waals surface area contributed by atoms with Crippen LogP contribution < -0.4 is 0 Å². The molecule has 0 heterocycles. The molecule has 1 aliphatic carbocycles. The molecule has 0 atom stereocenters. The molecule has 0 aliphatic heterocycles. The second-order valence-electron chi connectivity index (χ2n) is 3.56. The standard InChI is InChI=1S/C12H14/c1-9-5-3-8-12-10(2)6-4-7-11(9)12/h4,6-7H,1,3,5,8H2,2H3. The number of rotatable bonds is 0. The van der Waals surface area contributed by atoms with E-state index in [1.807, 2.05) is 0 Å². The van der Waals surface area contributed by atoms with E-state index >= 15 is 0 Å². The van der Waals surface area contributed by atoms with Gasteiger partial charge >= 0.3 is 0 Å². The van der Waals surface area contributed by atoms with Crippen LogP contribution in [-0.4, -0.2) is 0 Å². The number of fused-ring (bicyclic) bond motifs is 1. The molecule has 12 heavy (non-hydrogen) atoms. The van der Waals surface area contributed by atoms with Crippen molar-refractivity contribution in [3.05, 3.63) is 41.5 Å². The van der Waals surface area contributed by atoms with Gasteiger partial charge < -0.3 is 0 Å². The van der Waals surface area contributed by atoms with Gasteiger partial charge in [0, 0.05) is 0 Å². The van der Waals surface area contributed by atoms with Crippen LogP contribution in [-0.2, 0) is 6.42 Å². The fourth-order valence-electron chi connectivity index (χ4n) is 1.98. The Balaban J connectivity index is 2.59. The molecule has 0 amide bonds. The van der Waals surface area contributed by atoms with Crippen LogP contribution in [0.2, 0.25) is 0 Å². The van der Waals surface area contributed by atoms with Gasteiger partial charge in [0.05, 0.1) is 0 Å². The largest absolute Gasteiger partial charge is 0.0952 e. The van der Waals surface area contributed by atoms with Gasteiger partial charge in [-0.05, 0) is 48.4 Å². The summed E-state index contributed by atoms with van der Waals surface area (Å²) in [6.45, 7) is 6.29. The van der Waals surface area contributed by atoms with Gasteiger partial charge in [-0.25, -0.2) is 0 Å². The Bertz CT molecular complexity index is 321. The van der Waals surface area contributed by atoms with Gasteiger partial charge in [0.1, 0.15) is 0 Å². The Morgan fingerprint density at radius 3 is 2.83 bits per heavy atom. The van der Waals surface area contributed by atoms with Crippen LogP contribution in [0.1, 0.15) is 29.5 Å². The maximum atomic E-state index is 4.10. The van der Waals surface area contributed by atoms with Crippen molar-refractivity contribution in [3.8, 4) is 0 Å². The van der Waals surface area contributed by atoms with Crippen molar-refractivity contribution < 1.29 is 0 Å². The highest BCUT2D eigenvalue weighted by molar-refractivity contribution is 5.69. The number of hydrogen-bond donors (Lipinski definition) is 0. The summed E-state index contributed by atoms with van der Waals surface area (Å²) in [7, 11) is 0. The van der Waals surface area contributed by atoms with Crippen LogP contribution in [0, 0.1) is 6.92 Å². The predicted molar refractivity (Wildman–Crippen MR) is 53.2 cm³/mol. The van der Waals surface area contributed by atoms with E-state index < -0.39 is 0 Å². The van der Waals surface area contributed by atoms with Gasteiger partial charge in [-0.3, -0.25) is 0 Å². The minimum absolute atomic E-state index is 1.18. The number of benzene rings is 1. The Morgan fingerprint density at radius 2 is 2.08 bits per heavy atom. The van der Waals surface area contributed by atoms with E-state index in [2.05, 4.69) is 31.7 Å². The Labute approximate surface area is 73.9 Å². The number of hydrogen-bond acceptors (Lipinski definition) is 0. The molecule has 1 aromatic carbocycles. The summed E-state index contributed by atoms with van der Waals surface area (Å²) >= 11 is 0. The number of aryl methyl sites for hydroxylation is 1. The average Bonchev–Trinajstić information content (AvgIpc) is 2.07. The minimum Gasteiger partial charge on any atom is -0.0952 e. The predicted octanol–water partition coefficient (Wildman–Crippen LogP) is 3.34. The lowest BCUT2D eigenvalue weighted by Crippen LogP contribution is -2.02. The smallest absolute Gasteiger partial charge is 0.0196 e. The molecule has 0 spiro atoms. The summed E-state index contributed by atoms with van der Waals surface area (Å²) in [6, 6.07) is 6.52. The van der Waals surface area contributed by atoms with Gasteiger partial charge in [0.15, 0.2) is 0 Å². The highest BCUT2D eigenvalue weighted by atomic mass is 14.2. The summed E-state index contributed by atoms with van der Waals surface area (Å²) in [5.74, 6) is 0. The van der Waals surface area contributed by atoms with Crippen molar-refractivity contribution >= 4 is 5.57 Å². The molecule has 62 valence electrons. The highest BCUT2D eigenvalue weighted by Crippen LogP contribution is 2.30. The van der Waals surface area contributed by atoms with Gasteiger partial charge in [0.25, 0.3) is 0 Å². The third-order valence-corrected chi connectivity index (χ3v) is 2.70. The van der Waals surface area contributed by atoms with E-state index in [4.69, 9.17) is 0 Å². The van der Waals surface area contributed by atoms with E-state index in [1.54, 1.807) is 0 Å². The van der Waals surface area contributed by atoms with Gasteiger partial charge in [0.2, 0.25) is 0 Å². The molecule has 1 aliphatic rings. The van der Waals surface area contributed by atoms with Crippen LogP contribution in [0.3, 0.4) is 0 Å². The minimum atomic E-state index is 1.18. The third-order valence-electron chi connectivity index (χ3n) is 2.70. The van der Waals surface area contributed by atoms with Gasteiger partial charge in [-0.1, -0.05) is 24.8 Å². The second-order valence-corrected chi connectivity index (χ2v) is 3.56. The molecule has 0 bridgehead atoms. The van der Waals surface area contributed by atoms with Crippen LogP contribution in [0.4, 0.5) is 0 Å². The van der Waals surface area contributed by atoms with E-state index in [9.17, 15) is 0 Å². The summed E-state index contributed by atoms with van der Waals surface area (Å²) in [5, 5.41) is 0. The van der Waals surface area contributed by atoms with E-state index in [0.717, 1.165) is 0 Å². The molecule has 0 fully saturated rings. The molecule has 0 aromatic heterocycles. The Kier molecular flexibility index (Phi) is 1.76. The first-order chi connectivity index (χ1) is 5.79. The van der Waals surface area contributed by atoms with E-state index in [0.29, 0.717) is 0 Å². The molecule has 0 nitrogen and oxygen atoms in total. The summed E-state index contributed by atoms with van der Waals surface area (Å²) in [5.41, 5.74) is 5.67. The first-order valence-corrected chi connectivity index (χ1v) is 4.55. The van der Waals surface area contributed by atoms with Crippen LogP contribution in [0.15, 0.2) is 24.8 Å². The molecule has 1 aromatic rings. The zero-order chi connectivity index (χ0) is 8.55. The number of allylic oxidation sites excluding steroid dienone is 1. The monoisotopic (exact) mass is 158 g/mol. The SMILES string of the molecule is C=C1CCCc2c(C)cccc21. The van der Waals surface area contributed by atoms with Crippen molar-refractivity contribution in [1.82, 2.24) is 0 Å². The average molecular weight is 158 g/mol. The topological polar surface area (TPSA) is 0 Å². The van der Waals surface area contributed by atoms with Crippen molar-refractivity contribution in [2.75, 3.05) is 0 Å². The molecule has 0 radical (unpaired) electrons. The van der Waals surface area contributed by atoms with E-state index in [1.165, 1.54) is 41.5 Å². The zero-order valence-corrected chi connectivity index (χ0v) is 7.56. The Morgan fingerprint density at radius 1 is 1.25 bits per heavy atom. The lowest BCUT2D eigenvalue weighted by molar-refractivity contribution is 0.817. The highest BCUT2D eigenvalue weighted by Gasteiger charge is 2.12. The Hall–Kier alpha value is -1.04. The summed E-state index contributed by atoms with van der Waals surface area (Å²) in [6.07, 6.45) is 3.69. The molecular weight excluding hydrogens is 144 g/mol. The normalized spacial score (nSPS) is 15.9. The van der Waals surface area contributed by atoms with Crippen molar-refractivity contribution in [2.24, 2.45) is 0 Å². The first-order valence-electron chi connectivity index (χ1n) is 4.55. The molecular formula is C12H14. The second kappa shape index (κ2) is 2.78. The molecule has 0 saturated heterocycles. The lowest BCUT2D eigenvalue weighted by Gasteiger charge is -2.19. The fraction of sp³-hybridized carbons (Fsp3) is 0.333. The molecule has 0 unspecified atom stereocenters. The van der Waals surface area contributed by atoms with Crippen LogP contribution >= 0.6 is 0 Å². The van der Waals surface area contributed by atoms with Gasteiger partial charge in [-0.2, -0.15) is 0 Å². The fourth-order valence-corrected chi connectivity index (χ4v) is 1.98. The lowest BCUT2D eigenvalue weighted by atomic mass is 9.86. The van der Waals surface area contributed by atoms with Crippen LogP contribution in [0.25, 0.3) is 5.57 Å². The third kappa shape index (κ3) is 1.08. The summed E-state index contributed by atoms with van der Waals surface area (Å²) in [4.78, 5) is 0. The van der Waals surface area contributed by atoms with Crippen molar-refractivity contribution in [2.45, 2.75) is 26.2 Å². The molecule has 0 N–H and O–H groups in total. The molecule has 0 saturated carbocycles. The van der Waals surface area contributed by atoms with Crippen LogP contribution in [0.5, 0.6) is 0 Å². The first kappa shape index (κ1) is 7.60. The van der Waals surface area contributed by atoms with Crippen molar-refractivity contribution in [3.63, 3.8) is 0 Å².